The van der Waals surface area contributed by atoms with E-state index in [0.717, 1.165) is 12.8 Å². The third-order valence-electron chi connectivity index (χ3n) is 4.15. The lowest BCUT2D eigenvalue weighted by molar-refractivity contribution is -0.134. The van der Waals surface area contributed by atoms with Gasteiger partial charge >= 0.3 is 0 Å². The maximum absolute atomic E-state index is 12.4. The van der Waals surface area contributed by atoms with Crippen LogP contribution in [-0.4, -0.2) is 28.6 Å². The summed E-state index contributed by atoms with van der Waals surface area (Å²) in [4.78, 5) is 14.5. The van der Waals surface area contributed by atoms with Gasteiger partial charge in [-0.05, 0) is 31.6 Å². The number of rotatable bonds is 3. The number of hydrogen-bond donors (Lipinski definition) is 1. The van der Waals surface area contributed by atoms with E-state index in [2.05, 4.69) is 44.8 Å². The summed E-state index contributed by atoms with van der Waals surface area (Å²) in [6.45, 7) is 10.9. The maximum Gasteiger partial charge on any atom is 0.244 e. The molecule has 2 unspecified atom stereocenters. The van der Waals surface area contributed by atoms with Crippen molar-refractivity contribution >= 4 is 5.91 Å². The Balaban J connectivity index is 2.22. The van der Waals surface area contributed by atoms with Crippen molar-refractivity contribution < 1.29 is 4.79 Å². The number of amides is 1. The lowest BCUT2D eigenvalue weighted by atomic mass is 10.0. The Morgan fingerprint density at radius 2 is 1.81 bits per heavy atom. The molecule has 1 aliphatic heterocycles. The molecule has 16 heavy (non-hydrogen) atoms. The van der Waals surface area contributed by atoms with E-state index in [-0.39, 0.29) is 11.7 Å². The summed E-state index contributed by atoms with van der Waals surface area (Å²) >= 11 is 0. The van der Waals surface area contributed by atoms with Gasteiger partial charge in [0.1, 0.15) is 0 Å². The van der Waals surface area contributed by atoms with Gasteiger partial charge < -0.3 is 4.90 Å². The van der Waals surface area contributed by atoms with Gasteiger partial charge in [-0.25, -0.2) is 0 Å². The topological polar surface area (TPSA) is 32.3 Å². The SMILES string of the molecule is CC(C)C(C)N1C(=O)C2(CC2)NC1C(C)C. The summed E-state index contributed by atoms with van der Waals surface area (Å²) < 4.78 is 0. The lowest BCUT2D eigenvalue weighted by Gasteiger charge is -2.34. The van der Waals surface area contributed by atoms with E-state index in [4.69, 9.17) is 0 Å². The van der Waals surface area contributed by atoms with Crippen molar-refractivity contribution in [3.05, 3.63) is 0 Å². The zero-order chi connectivity index (χ0) is 12.1. The Morgan fingerprint density at radius 3 is 2.19 bits per heavy atom. The molecule has 2 atom stereocenters. The smallest absolute Gasteiger partial charge is 0.244 e. The minimum Gasteiger partial charge on any atom is -0.322 e. The second kappa shape index (κ2) is 3.73. The van der Waals surface area contributed by atoms with E-state index in [1.54, 1.807) is 0 Å². The quantitative estimate of drug-likeness (QED) is 0.795. The summed E-state index contributed by atoms with van der Waals surface area (Å²) in [5.74, 6) is 1.33. The molecule has 1 N–H and O–H groups in total. The second-order valence-corrected chi connectivity index (χ2v) is 6.11. The van der Waals surface area contributed by atoms with Gasteiger partial charge in [0.2, 0.25) is 5.91 Å². The highest BCUT2D eigenvalue weighted by atomic mass is 16.2. The largest absolute Gasteiger partial charge is 0.322 e. The zero-order valence-corrected chi connectivity index (χ0v) is 11.1. The van der Waals surface area contributed by atoms with E-state index in [1.807, 2.05) is 0 Å². The molecule has 0 aromatic carbocycles. The number of carbonyl (C=O) groups excluding carboxylic acids is 1. The van der Waals surface area contributed by atoms with Gasteiger partial charge in [-0.3, -0.25) is 10.1 Å². The summed E-state index contributed by atoms with van der Waals surface area (Å²) in [6, 6.07) is 0.326. The standard InChI is InChI=1S/C13H24N2O/c1-8(2)10(5)15-11(9(3)4)14-13(6-7-13)12(15)16/h8-11,14H,6-7H2,1-5H3. The minimum absolute atomic E-state index is 0.169. The first-order chi connectivity index (χ1) is 7.39. The molecule has 1 aliphatic carbocycles. The highest BCUT2D eigenvalue weighted by Crippen LogP contribution is 2.44. The van der Waals surface area contributed by atoms with Gasteiger partial charge in [0, 0.05) is 6.04 Å². The molecule has 3 nitrogen and oxygen atoms in total. The molecule has 1 saturated heterocycles. The molecule has 0 bridgehead atoms. The van der Waals surface area contributed by atoms with Crippen LogP contribution in [0.4, 0.5) is 0 Å². The van der Waals surface area contributed by atoms with Crippen molar-refractivity contribution in [3.8, 4) is 0 Å². The van der Waals surface area contributed by atoms with Gasteiger partial charge in [-0.2, -0.15) is 0 Å². The summed E-state index contributed by atoms with van der Waals surface area (Å²) in [5.41, 5.74) is -0.169. The van der Waals surface area contributed by atoms with Crippen LogP contribution >= 0.6 is 0 Å². The third-order valence-corrected chi connectivity index (χ3v) is 4.15. The van der Waals surface area contributed by atoms with Crippen molar-refractivity contribution in [3.63, 3.8) is 0 Å². The van der Waals surface area contributed by atoms with Crippen LogP contribution in [0, 0.1) is 11.8 Å². The van der Waals surface area contributed by atoms with E-state index in [0.29, 0.717) is 23.8 Å². The average molecular weight is 224 g/mol. The monoisotopic (exact) mass is 224 g/mol. The molecular formula is C13H24N2O. The Bertz CT molecular complexity index is 294. The van der Waals surface area contributed by atoms with Crippen molar-refractivity contribution in [2.45, 2.75) is 65.2 Å². The number of hydrogen-bond acceptors (Lipinski definition) is 2. The van der Waals surface area contributed by atoms with Crippen LogP contribution in [0.15, 0.2) is 0 Å². The van der Waals surface area contributed by atoms with Gasteiger partial charge in [0.25, 0.3) is 0 Å². The molecule has 0 aromatic heterocycles. The molecule has 2 aliphatic rings. The molecule has 0 radical (unpaired) electrons. The Kier molecular flexibility index (Phi) is 2.77. The van der Waals surface area contributed by atoms with E-state index in [1.165, 1.54) is 0 Å². The third kappa shape index (κ3) is 1.65. The molecule has 0 aromatic rings. The fourth-order valence-corrected chi connectivity index (χ4v) is 2.52. The van der Waals surface area contributed by atoms with Crippen LogP contribution in [0.1, 0.15) is 47.5 Å². The molecule has 1 saturated carbocycles. The van der Waals surface area contributed by atoms with Gasteiger partial charge in [0.05, 0.1) is 11.7 Å². The minimum atomic E-state index is -0.169. The zero-order valence-electron chi connectivity index (χ0n) is 11.1. The maximum atomic E-state index is 12.4. The fourth-order valence-electron chi connectivity index (χ4n) is 2.52. The number of nitrogens with one attached hydrogen (secondary N) is 1. The molecule has 1 amide bonds. The highest BCUT2D eigenvalue weighted by Gasteiger charge is 2.60. The summed E-state index contributed by atoms with van der Waals surface area (Å²) in [6.07, 6.45) is 2.28. The number of nitrogens with zero attached hydrogens (tertiary/aromatic N) is 1. The lowest BCUT2D eigenvalue weighted by Crippen LogP contribution is -2.48. The van der Waals surface area contributed by atoms with Crippen molar-refractivity contribution in [1.29, 1.82) is 0 Å². The van der Waals surface area contributed by atoms with E-state index >= 15 is 0 Å². The summed E-state index contributed by atoms with van der Waals surface area (Å²) in [5, 5.41) is 3.55. The van der Waals surface area contributed by atoms with Crippen LogP contribution < -0.4 is 5.32 Å². The second-order valence-electron chi connectivity index (χ2n) is 6.11. The highest BCUT2D eigenvalue weighted by molar-refractivity contribution is 5.92. The van der Waals surface area contributed by atoms with Crippen molar-refractivity contribution in [2.75, 3.05) is 0 Å². The van der Waals surface area contributed by atoms with Crippen molar-refractivity contribution in [2.24, 2.45) is 11.8 Å². The molecule has 2 fully saturated rings. The first-order valence-electron chi connectivity index (χ1n) is 6.49. The molecule has 92 valence electrons. The van der Waals surface area contributed by atoms with E-state index in [9.17, 15) is 4.79 Å². The average Bonchev–Trinajstić information content (AvgIpc) is 2.90. The van der Waals surface area contributed by atoms with Crippen LogP contribution in [0.5, 0.6) is 0 Å². The van der Waals surface area contributed by atoms with Gasteiger partial charge in [0.15, 0.2) is 0 Å². The summed E-state index contributed by atoms with van der Waals surface area (Å²) in [7, 11) is 0. The van der Waals surface area contributed by atoms with E-state index < -0.39 is 0 Å². The van der Waals surface area contributed by atoms with Gasteiger partial charge in [-0.15, -0.1) is 0 Å². The van der Waals surface area contributed by atoms with Crippen molar-refractivity contribution in [1.82, 2.24) is 10.2 Å². The predicted octanol–water partition coefficient (Wildman–Crippen LogP) is 1.98. The molecule has 2 rings (SSSR count). The molecular weight excluding hydrogens is 200 g/mol. The molecule has 3 heteroatoms. The predicted molar refractivity (Wildman–Crippen MR) is 64.9 cm³/mol. The van der Waals surface area contributed by atoms with Crippen LogP contribution in [0.25, 0.3) is 0 Å². The van der Waals surface area contributed by atoms with Crippen LogP contribution in [-0.2, 0) is 4.79 Å². The first kappa shape index (κ1) is 11.9. The molecule has 1 spiro atoms. The number of carbonyl (C=O) groups is 1. The van der Waals surface area contributed by atoms with Gasteiger partial charge in [-0.1, -0.05) is 27.7 Å². The van der Waals surface area contributed by atoms with Crippen LogP contribution in [0.3, 0.4) is 0 Å². The van der Waals surface area contributed by atoms with Crippen LogP contribution in [0.2, 0.25) is 0 Å². The fraction of sp³-hybridized carbons (Fsp3) is 0.923. The Labute approximate surface area is 98.6 Å². The first-order valence-corrected chi connectivity index (χ1v) is 6.49. The normalized spacial score (nSPS) is 29.6. The Morgan fingerprint density at radius 1 is 1.25 bits per heavy atom. The Hall–Kier alpha value is -0.570. The molecule has 1 heterocycles.